The zero-order valence-corrected chi connectivity index (χ0v) is 18.6. The topological polar surface area (TPSA) is 33.1 Å². The summed E-state index contributed by atoms with van der Waals surface area (Å²) in [6.45, 7) is 3.50. The van der Waals surface area contributed by atoms with Crippen LogP contribution in [0.4, 0.5) is 13.2 Å². The van der Waals surface area contributed by atoms with Gasteiger partial charge in [0.2, 0.25) is 0 Å². The van der Waals surface area contributed by atoms with Gasteiger partial charge >= 0.3 is 6.18 Å². The van der Waals surface area contributed by atoms with Crippen molar-refractivity contribution in [3.05, 3.63) is 102 Å². The fraction of sp³-hybridized carbons (Fsp3) is 0.250. The number of benzene rings is 3. The highest BCUT2D eigenvalue weighted by atomic mass is 19.4. The van der Waals surface area contributed by atoms with Crippen molar-refractivity contribution in [2.75, 3.05) is 0 Å². The molecule has 0 saturated carbocycles. The largest absolute Gasteiger partial charge is 0.417 e. The number of hydrogen-bond donors (Lipinski definition) is 1. The molecule has 4 aromatic rings. The van der Waals surface area contributed by atoms with Crippen LogP contribution in [0.15, 0.2) is 91.1 Å². The molecule has 0 aliphatic carbocycles. The maximum atomic E-state index is 14.3. The van der Waals surface area contributed by atoms with Crippen molar-refractivity contribution in [2.45, 2.75) is 43.9 Å². The molecular weight excluding hydrogens is 423 g/mol. The van der Waals surface area contributed by atoms with Gasteiger partial charge in [0, 0.05) is 18.0 Å². The summed E-state index contributed by atoms with van der Waals surface area (Å²) in [4.78, 5) is 4.23. The van der Waals surface area contributed by atoms with Gasteiger partial charge in [0.1, 0.15) is 0 Å². The molecule has 0 saturated heterocycles. The average Bonchev–Trinajstić information content (AvgIpc) is 2.79. The van der Waals surface area contributed by atoms with Crippen LogP contribution in [-0.2, 0) is 11.8 Å². The first-order valence-corrected chi connectivity index (χ1v) is 10.9. The van der Waals surface area contributed by atoms with Crippen molar-refractivity contribution in [3.8, 4) is 11.1 Å². The predicted octanol–water partition coefficient (Wildman–Crippen LogP) is 7.11. The van der Waals surface area contributed by atoms with E-state index >= 15 is 0 Å². The Morgan fingerprint density at radius 1 is 0.788 bits per heavy atom. The molecule has 4 rings (SSSR count). The zero-order valence-electron chi connectivity index (χ0n) is 18.6. The van der Waals surface area contributed by atoms with Crippen molar-refractivity contribution in [1.29, 1.82) is 0 Å². The van der Waals surface area contributed by atoms with E-state index in [0.29, 0.717) is 16.5 Å². The number of alkyl halides is 3. The maximum absolute atomic E-state index is 14.3. The molecule has 1 heterocycles. The van der Waals surface area contributed by atoms with Gasteiger partial charge < -0.3 is 5.11 Å². The molecule has 0 fully saturated rings. The van der Waals surface area contributed by atoms with E-state index < -0.39 is 30.0 Å². The van der Waals surface area contributed by atoms with E-state index in [9.17, 15) is 18.3 Å². The summed E-state index contributed by atoms with van der Waals surface area (Å²) in [6.07, 6.45) is -4.33. The Kier molecular flexibility index (Phi) is 6.02. The molecule has 0 aliphatic rings. The third-order valence-corrected chi connectivity index (χ3v) is 6.24. The van der Waals surface area contributed by atoms with E-state index in [1.807, 2.05) is 54.6 Å². The smallest absolute Gasteiger partial charge is 0.380 e. The Morgan fingerprint density at radius 3 is 2.18 bits per heavy atom. The zero-order chi connectivity index (χ0) is 23.7. The van der Waals surface area contributed by atoms with Crippen LogP contribution in [-0.4, -0.2) is 21.9 Å². The van der Waals surface area contributed by atoms with Gasteiger partial charge in [-0.15, -0.1) is 0 Å². The van der Waals surface area contributed by atoms with Crippen molar-refractivity contribution in [2.24, 2.45) is 0 Å². The number of fused-ring (bicyclic) bond motifs is 1. The van der Waals surface area contributed by atoms with E-state index in [4.69, 9.17) is 0 Å². The highest BCUT2D eigenvalue weighted by molar-refractivity contribution is 5.82. The van der Waals surface area contributed by atoms with Crippen LogP contribution in [0.5, 0.6) is 0 Å². The Morgan fingerprint density at radius 2 is 1.45 bits per heavy atom. The summed E-state index contributed by atoms with van der Waals surface area (Å²) in [6, 6.07) is 25.8. The number of nitrogens with zero attached hydrogens (tertiary/aromatic N) is 1. The SMILES string of the molecule is CC(C)(CC(O)(Cc1ccnc2ccccc12)C(F)(F)F)c1cccc(-c2ccccc2)c1. The standard InChI is InChI=1S/C28H26F3NO/c1-26(2,23-12-8-11-21(17-23)20-9-4-3-5-10-20)19-27(33,28(29,30)31)18-22-15-16-32-25-14-7-6-13-24(22)25/h3-17,33H,18-19H2,1-2H3. The number of rotatable bonds is 6. The first-order valence-electron chi connectivity index (χ1n) is 10.9. The molecular formula is C28H26F3NO. The summed E-state index contributed by atoms with van der Waals surface area (Å²) >= 11 is 0. The number of pyridine rings is 1. The molecule has 0 radical (unpaired) electrons. The van der Waals surface area contributed by atoms with E-state index in [1.165, 1.54) is 6.20 Å². The minimum absolute atomic E-state index is 0.425. The van der Waals surface area contributed by atoms with Gasteiger partial charge in [0.25, 0.3) is 0 Å². The van der Waals surface area contributed by atoms with Crippen LogP contribution < -0.4 is 0 Å². The van der Waals surface area contributed by atoms with Gasteiger partial charge in [-0.05, 0) is 46.2 Å². The van der Waals surface area contributed by atoms with Crippen LogP contribution in [0, 0.1) is 0 Å². The van der Waals surface area contributed by atoms with Crippen molar-refractivity contribution in [3.63, 3.8) is 0 Å². The summed E-state index contributed by atoms with van der Waals surface area (Å²) < 4.78 is 42.9. The van der Waals surface area contributed by atoms with Gasteiger partial charge in [0.15, 0.2) is 5.60 Å². The summed E-state index contributed by atoms with van der Waals surface area (Å²) in [7, 11) is 0. The van der Waals surface area contributed by atoms with E-state index in [1.54, 1.807) is 44.2 Å². The Hall–Kier alpha value is -3.18. The first-order chi connectivity index (χ1) is 15.6. The van der Waals surface area contributed by atoms with Gasteiger partial charge in [-0.2, -0.15) is 13.2 Å². The monoisotopic (exact) mass is 449 g/mol. The Labute approximate surface area is 191 Å². The maximum Gasteiger partial charge on any atom is 0.417 e. The molecule has 5 heteroatoms. The lowest BCUT2D eigenvalue weighted by Gasteiger charge is -2.38. The molecule has 33 heavy (non-hydrogen) atoms. The second kappa shape index (κ2) is 8.64. The molecule has 1 N–H and O–H groups in total. The summed E-state index contributed by atoms with van der Waals surface area (Å²) in [5.74, 6) is 0. The molecule has 0 spiro atoms. The van der Waals surface area contributed by atoms with Crippen molar-refractivity contribution >= 4 is 10.9 Å². The third kappa shape index (κ3) is 4.79. The van der Waals surface area contributed by atoms with Crippen LogP contribution in [0.1, 0.15) is 31.4 Å². The van der Waals surface area contributed by atoms with Gasteiger partial charge in [-0.3, -0.25) is 4.98 Å². The van der Waals surface area contributed by atoms with Crippen molar-refractivity contribution < 1.29 is 18.3 Å². The highest BCUT2D eigenvalue weighted by Crippen LogP contribution is 2.44. The van der Waals surface area contributed by atoms with Gasteiger partial charge in [-0.25, -0.2) is 0 Å². The number of halogens is 3. The molecule has 2 nitrogen and oxygen atoms in total. The molecule has 170 valence electrons. The van der Waals surface area contributed by atoms with Crippen LogP contribution >= 0.6 is 0 Å². The number of aromatic nitrogens is 1. The highest BCUT2D eigenvalue weighted by Gasteiger charge is 2.55. The lowest BCUT2D eigenvalue weighted by atomic mass is 9.72. The van der Waals surface area contributed by atoms with Gasteiger partial charge in [0.05, 0.1) is 5.52 Å². The normalized spacial score (nSPS) is 14.2. The average molecular weight is 450 g/mol. The quantitative estimate of drug-likeness (QED) is 0.340. The summed E-state index contributed by atoms with van der Waals surface area (Å²) in [5.41, 5.74) is -0.141. The third-order valence-electron chi connectivity index (χ3n) is 6.24. The number of hydrogen-bond acceptors (Lipinski definition) is 2. The molecule has 0 bridgehead atoms. The molecule has 1 atom stereocenters. The molecule has 0 amide bonds. The van der Waals surface area contributed by atoms with E-state index in [2.05, 4.69) is 4.98 Å². The Bertz CT molecular complexity index is 1250. The lowest BCUT2D eigenvalue weighted by Crippen LogP contribution is -2.50. The lowest BCUT2D eigenvalue weighted by molar-refractivity contribution is -0.266. The molecule has 0 aliphatic heterocycles. The van der Waals surface area contributed by atoms with E-state index in [0.717, 1.165) is 16.7 Å². The van der Waals surface area contributed by atoms with Crippen molar-refractivity contribution in [1.82, 2.24) is 4.98 Å². The minimum Gasteiger partial charge on any atom is -0.380 e. The van der Waals surface area contributed by atoms with E-state index in [-0.39, 0.29) is 0 Å². The van der Waals surface area contributed by atoms with Gasteiger partial charge in [-0.1, -0.05) is 86.6 Å². The van der Waals surface area contributed by atoms with Crippen LogP contribution in [0.3, 0.4) is 0 Å². The predicted molar refractivity (Wildman–Crippen MR) is 126 cm³/mol. The molecule has 1 unspecified atom stereocenters. The Balaban J connectivity index is 1.70. The number of para-hydroxylation sites is 1. The molecule has 3 aromatic carbocycles. The second-order valence-corrected chi connectivity index (χ2v) is 9.20. The summed E-state index contributed by atoms with van der Waals surface area (Å²) in [5, 5.41) is 11.7. The first kappa shape index (κ1) is 23.0. The molecule has 1 aromatic heterocycles. The number of aliphatic hydroxyl groups is 1. The second-order valence-electron chi connectivity index (χ2n) is 9.20. The fourth-order valence-corrected chi connectivity index (χ4v) is 4.47. The van der Waals surface area contributed by atoms with Crippen LogP contribution in [0.2, 0.25) is 0 Å². The van der Waals surface area contributed by atoms with Crippen LogP contribution in [0.25, 0.3) is 22.0 Å². The fourth-order valence-electron chi connectivity index (χ4n) is 4.47. The minimum atomic E-state index is -4.80.